The number of amides is 1. The van der Waals surface area contributed by atoms with Crippen molar-refractivity contribution in [2.45, 2.75) is 37.6 Å². The lowest BCUT2D eigenvalue weighted by molar-refractivity contribution is -0.121. The van der Waals surface area contributed by atoms with Gasteiger partial charge in [-0.15, -0.1) is 0 Å². The van der Waals surface area contributed by atoms with E-state index in [0.29, 0.717) is 0 Å². The van der Waals surface area contributed by atoms with Crippen LogP contribution in [0.2, 0.25) is 0 Å². The second-order valence-electron chi connectivity index (χ2n) is 5.99. The number of nitrogens with one attached hydrogen (secondary N) is 2. The van der Waals surface area contributed by atoms with Crippen LogP contribution in [0, 0.1) is 5.82 Å². The molecule has 0 radical (unpaired) electrons. The lowest BCUT2D eigenvalue weighted by atomic mass is 10.0. The van der Waals surface area contributed by atoms with Crippen LogP contribution in [0.5, 0.6) is 0 Å². The Labute approximate surface area is 153 Å². The van der Waals surface area contributed by atoms with E-state index < -0.39 is 15.8 Å². The molecule has 2 N–H and O–H groups in total. The smallest absolute Gasteiger partial charge is 0.240 e. The summed E-state index contributed by atoms with van der Waals surface area (Å²) >= 11 is 0. The predicted octanol–water partition coefficient (Wildman–Crippen LogP) is 2.93. The maximum absolute atomic E-state index is 12.9. The third-order valence-corrected chi connectivity index (χ3v) is 5.51. The van der Waals surface area contributed by atoms with Crippen LogP contribution in [0.15, 0.2) is 53.4 Å². The second kappa shape index (κ2) is 8.91. The van der Waals surface area contributed by atoms with Crippen LogP contribution in [0.3, 0.4) is 0 Å². The van der Waals surface area contributed by atoms with Gasteiger partial charge in [-0.1, -0.05) is 31.2 Å². The molecule has 0 aliphatic carbocycles. The van der Waals surface area contributed by atoms with E-state index in [1.165, 1.54) is 17.7 Å². The van der Waals surface area contributed by atoms with E-state index in [1.807, 2.05) is 31.2 Å². The van der Waals surface area contributed by atoms with E-state index >= 15 is 0 Å². The lowest BCUT2D eigenvalue weighted by Gasteiger charge is -2.15. The van der Waals surface area contributed by atoms with Crippen LogP contribution < -0.4 is 10.0 Å². The molecule has 5 nitrogen and oxygen atoms in total. The van der Waals surface area contributed by atoms with Crippen LogP contribution >= 0.6 is 0 Å². The maximum atomic E-state index is 12.9. The second-order valence-corrected chi connectivity index (χ2v) is 7.75. The summed E-state index contributed by atoms with van der Waals surface area (Å²) in [6.07, 6.45) is 0.965. The van der Waals surface area contributed by atoms with Gasteiger partial charge in [-0.05, 0) is 48.7 Å². The number of benzene rings is 2. The Morgan fingerprint density at radius 2 is 1.69 bits per heavy atom. The summed E-state index contributed by atoms with van der Waals surface area (Å²) in [5, 5.41) is 2.84. The van der Waals surface area contributed by atoms with Crippen molar-refractivity contribution in [2.24, 2.45) is 0 Å². The molecule has 0 bridgehead atoms. The predicted molar refractivity (Wildman–Crippen MR) is 98.6 cm³/mol. The Bertz CT molecular complexity index is 834. The minimum absolute atomic E-state index is 0.0117. The molecular formula is C19H23FN2O3S. The molecule has 2 aromatic carbocycles. The molecule has 2 rings (SSSR count). The number of carbonyl (C=O) groups is 1. The number of sulfonamides is 1. The maximum Gasteiger partial charge on any atom is 0.240 e. The summed E-state index contributed by atoms with van der Waals surface area (Å²) in [5.74, 6) is -0.761. The Morgan fingerprint density at radius 3 is 2.27 bits per heavy atom. The van der Waals surface area contributed by atoms with E-state index in [1.54, 1.807) is 0 Å². The first-order chi connectivity index (χ1) is 12.3. The highest BCUT2D eigenvalue weighted by atomic mass is 32.2. The van der Waals surface area contributed by atoms with Crippen molar-refractivity contribution in [3.05, 3.63) is 65.5 Å². The van der Waals surface area contributed by atoms with E-state index in [2.05, 4.69) is 17.0 Å². The summed E-state index contributed by atoms with van der Waals surface area (Å²) in [4.78, 5) is 12.0. The topological polar surface area (TPSA) is 75.3 Å². The van der Waals surface area contributed by atoms with Crippen molar-refractivity contribution in [2.75, 3.05) is 6.54 Å². The summed E-state index contributed by atoms with van der Waals surface area (Å²) in [7, 11) is -3.76. The normalized spacial score (nSPS) is 12.6. The summed E-state index contributed by atoms with van der Waals surface area (Å²) < 4.78 is 39.3. The molecule has 1 atom stereocenters. The van der Waals surface area contributed by atoms with Crippen LogP contribution in [-0.4, -0.2) is 20.9 Å². The van der Waals surface area contributed by atoms with E-state index in [9.17, 15) is 17.6 Å². The van der Waals surface area contributed by atoms with Crippen molar-refractivity contribution in [1.82, 2.24) is 10.0 Å². The standard InChI is InChI=1S/C19H23FN2O3S/c1-3-15-4-6-16(7-5-15)14(2)22-19(23)12-13-21-26(24,25)18-10-8-17(20)9-11-18/h4-11,14,21H,3,12-13H2,1-2H3,(H,22,23). The molecule has 0 aliphatic rings. The minimum atomic E-state index is -3.76. The summed E-state index contributed by atoms with van der Waals surface area (Å²) in [6, 6.07) is 12.3. The fraction of sp³-hybridized carbons (Fsp3) is 0.316. The van der Waals surface area contributed by atoms with Gasteiger partial charge in [0.15, 0.2) is 0 Å². The van der Waals surface area contributed by atoms with Crippen molar-refractivity contribution in [1.29, 1.82) is 0 Å². The molecule has 0 aromatic heterocycles. The minimum Gasteiger partial charge on any atom is -0.350 e. The number of hydrogen-bond acceptors (Lipinski definition) is 3. The largest absolute Gasteiger partial charge is 0.350 e. The molecular weight excluding hydrogens is 355 g/mol. The molecule has 1 amide bonds. The number of carbonyl (C=O) groups excluding carboxylic acids is 1. The first-order valence-corrected chi connectivity index (χ1v) is 9.93. The lowest BCUT2D eigenvalue weighted by Crippen LogP contribution is -2.32. The molecule has 1 unspecified atom stereocenters. The number of rotatable bonds is 8. The highest BCUT2D eigenvalue weighted by Crippen LogP contribution is 2.14. The van der Waals surface area contributed by atoms with Crippen molar-refractivity contribution in [3.63, 3.8) is 0 Å². The van der Waals surface area contributed by atoms with Crippen molar-refractivity contribution >= 4 is 15.9 Å². The van der Waals surface area contributed by atoms with Gasteiger partial charge in [-0.2, -0.15) is 0 Å². The molecule has 140 valence electrons. The van der Waals surface area contributed by atoms with Gasteiger partial charge < -0.3 is 5.32 Å². The van der Waals surface area contributed by atoms with Gasteiger partial charge in [0.25, 0.3) is 0 Å². The van der Waals surface area contributed by atoms with Crippen molar-refractivity contribution < 1.29 is 17.6 Å². The monoisotopic (exact) mass is 378 g/mol. The van der Waals surface area contributed by atoms with Gasteiger partial charge in [0.2, 0.25) is 15.9 Å². The molecule has 0 saturated carbocycles. The van der Waals surface area contributed by atoms with Gasteiger partial charge >= 0.3 is 0 Å². The summed E-state index contributed by atoms with van der Waals surface area (Å²) in [5.41, 5.74) is 2.21. The first kappa shape index (κ1) is 20.1. The quantitative estimate of drug-likeness (QED) is 0.742. The van der Waals surface area contributed by atoms with Crippen molar-refractivity contribution in [3.8, 4) is 0 Å². The van der Waals surface area contributed by atoms with Crippen LogP contribution in [-0.2, 0) is 21.2 Å². The molecule has 0 fully saturated rings. The van der Waals surface area contributed by atoms with Crippen LogP contribution in [0.1, 0.15) is 37.4 Å². The van der Waals surface area contributed by atoms with Crippen LogP contribution in [0.25, 0.3) is 0 Å². The Kier molecular flexibility index (Phi) is 6.88. The molecule has 0 saturated heterocycles. The summed E-state index contributed by atoms with van der Waals surface area (Å²) in [6.45, 7) is 3.92. The zero-order valence-corrected chi connectivity index (χ0v) is 15.6. The zero-order valence-electron chi connectivity index (χ0n) is 14.8. The number of halogens is 1. The first-order valence-electron chi connectivity index (χ1n) is 8.45. The average Bonchev–Trinajstić information content (AvgIpc) is 2.62. The van der Waals surface area contributed by atoms with E-state index in [-0.39, 0.29) is 29.8 Å². The average molecular weight is 378 g/mol. The Hall–Kier alpha value is -2.25. The Morgan fingerprint density at radius 1 is 1.08 bits per heavy atom. The van der Waals surface area contributed by atoms with Crippen LogP contribution in [0.4, 0.5) is 4.39 Å². The van der Waals surface area contributed by atoms with E-state index in [4.69, 9.17) is 0 Å². The molecule has 0 heterocycles. The molecule has 26 heavy (non-hydrogen) atoms. The van der Waals surface area contributed by atoms with Gasteiger partial charge in [0, 0.05) is 13.0 Å². The Balaban J connectivity index is 1.83. The molecule has 0 aliphatic heterocycles. The fourth-order valence-electron chi connectivity index (χ4n) is 2.44. The number of aryl methyl sites for hydroxylation is 1. The third kappa shape index (κ3) is 5.64. The molecule has 2 aromatic rings. The third-order valence-electron chi connectivity index (χ3n) is 4.03. The molecule has 7 heteroatoms. The highest BCUT2D eigenvalue weighted by molar-refractivity contribution is 7.89. The zero-order chi connectivity index (χ0) is 19.2. The van der Waals surface area contributed by atoms with Gasteiger partial charge in [0.05, 0.1) is 10.9 Å². The van der Waals surface area contributed by atoms with Gasteiger partial charge in [-0.3, -0.25) is 4.79 Å². The number of hydrogen-bond donors (Lipinski definition) is 2. The highest BCUT2D eigenvalue weighted by Gasteiger charge is 2.15. The molecule has 0 spiro atoms. The van der Waals surface area contributed by atoms with Gasteiger partial charge in [-0.25, -0.2) is 17.5 Å². The van der Waals surface area contributed by atoms with Gasteiger partial charge in [0.1, 0.15) is 5.82 Å². The van der Waals surface area contributed by atoms with E-state index in [0.717, 1.165) is 24.1 Å². The fourth-order valence-corrected chi connectivity index (χ4v) is 3.47. The SMILES string of the molecule is CCc1ccc(C(C)NC(=O)CCNS(=O)(=O)c2ccc(F)cc2)cc1.